The van der Waals surface area contributed by atoms with Gasteiger partial charge in [-0.15, -0.1) is 0 Å². The highest BCUT2D eigenvalue weighted by atomic mass is 16.5. The highest BCUT2D eigenvalue weighted by Crippen LogP contribution is 2.08. The first-order valence-corrected chi connectivity index (χ1v) is 6.97. The molecule has 6 nitrogen and oxygen atoms in total. The molecule has 0 aliphatic rings. The van der Waals surface area contributed by atoms with Crippen LogP contribution < -0.4 is 5.32 Å². The summed E-state index contributed by atoms with van der Waals surface area (Å²) in [5.74, 6) is 0.754. The number of methoxy groups -OCH3 is 1. The summed E-state index contributed by atoms with van der Waals surface area (Å²) in [4.78, 5) is 11.9. The lowest BCUT2D eigenvalue weighted by Crippen LogP contribution is -2.25. The van der Waals surface area contributed by atoms with Crippen molar-refractivity contribution in [1.82, 2.24) is 15.1 Å². The smallest absolute Gasteiger partial charge is 0.286 e. The number of aromatic nitrogens is 2. The van der Waals surface area contributed by atoms with Crippen molar-refractivity contribution in [3.63, 3.8) is 0 Å². The molecule has 6 heteroatoms. The summed E-state index contributed by atoms with van der Waals surface area (Å²) in [5.41, 5.74) is 2.15. The highest BCUT2D eigenvalue weighted by molar-refractivity contribution is 5.91. The molecular weight excluding hydrogens is 270 g/mol. The van der Waals surface area contributed by atoms with Crippen LogP contribution in [0.3, 0.4) is 0 Å². The van der Waals surface area contributed by atoms with Crippen LogP contribution in [-0.2, 0) is 17.9 Å². The predicted octanol–water partition coefficient (Wildman–Crippen LogP) is 2.06. The summed E-state index contributed by atoms with van der Waals surface area (Å²) >= 11 is 0. The van der Waals surface area contributed by atoms with Crippen LogP contribution in [0.15, 0.2) is 22.6 Å². The van der Waals surface area contributed by atoms with Gasteiger partial charge in [0.25, 0.3) is 5.91 Å². The maximum absolute atomic E-state index is 11.9. The van der Waals surface area contributed by atoms with Crippen LogP contribution in [0, 0.1) is 13.8 Å². The lowest BCUT2D eigenvalue weighted by molar-refractivity contribution is 0.0916. The molecule has 0 fully saturated rings. The van der Waals surface area contributed by atoms with E-state index in [0.717, 1.165) is 24.4 Å². The molecule has 0 saturated carbocycles. The number of aryl methyl sites for hydroxylation is 3. The molecule has 0 aromatic carbocycles. The minimum Gasteiger partial charge on any atom is -0.453 e. The van der Waals surface area contributed by atoms with E-state index in [-0.39, 0.29) is 5.91 Å². The number of ether oxygens (including phenoxy) is 1. The van der Waals surface area contributed by atoms with Crippen LogP contribution in [0.4, 0.5) is 0 Å². The quantitative estimate of drug-likeness (QED) is 0.793. The zero-order valence-corrected chi connectivity index (χ0v) is 12.7. The van der Waals surface area contributed by atoms with Crippen molar-refractivity contribution in [1.29, 1.82) is 0 Å². The zero-order chi connectivity index (χ0) is 15.2. The third-order valence-electron chi connectivity index (χ3n) is 3.11. The standard InChI is InChI=1S/C15H21N3O3/c1-11-9-12(2)18(17-11)8-4-7-16-15(19)14-6-5-13(21-14)10-20-3/h5-6,9H,4,7-8,10H2,1-3H3,(H,16,19). The summed E-state index contributed by atoms with van der Waals surface area (Å²) in [6.45, 7) is 5.73. The zero-order valence-electron chi connectivity index (χ0n) is 12.7. The summed E-state index contributed by atoms with van der Waals surface area (Å²) in [5, 5.41) is 7.22. The van der Waals surface area contributed by atoms with E-state index >= 15 is 0 Å². The van der Waals surface area contributed by atoms with E-state index < -0.39 is 0 Å². The van der Waals surface area contributed by atoms with E-state index in [2.05, 4.69) is 10.4 Å². The molecule has 2 heterocycles. The van der Waals surface area contributed by atoms with E-state index in [1.807, 2.05) is 24.6 Å². The van der Waals surface area contributed by atoms with Gasteiger partial charge in [0.1, 0.15) is 12.4 Å². The van der Waals surface area contributed by atoms with Crippen molar-refractivity contribution in [3.05, 3.63) is 41.1 Å². The van der Waals surface area contributed by atoms with Crippen molar-refractivity contribution in [3.8, 4) is 0 Å². The molecule has 0 aliphatic heterocycles. The maximum atomic E-state index is 11.9. The first-order valence-electron chi connectivity index (χ1n) is 6.97. The molecule has 0 unspecified atom stereocenters. The minimum atomic E-state index is -0.203. The number of amides is 1. The Hall–Kier alpha value is -2.08. The van der Waals surface area contributed by atoms with E-state index in [1.165, 1.54) is 0 Å². The van der Waals surface area contributed by atoms with Crippen LogP contribution in [0.5, 0.6) is 0 Å². The molecular formula is C15H21N3O3. The molecule has 114 valence electrons. The van der Waals surface area contributed by atoms with Crippen molar-refractivity contribution in [2.75, 3.05) is 13.7 Å². The molecule has 2 aromatic rings. The molecule has 2 aromatic heterocycles. The van der Waals surface area contributed by atoms with E-state index in [1.54, 1.807) is 19.2 Å². The second kappa shape index (κ2) is 7.08. The maximum Gasteiger partial charge on any atom is 0.286 e. The molecule has 1 N–H and O–H groups in total. The number of carbonyl (C=O) groups excluding carboxylic acids is 1. The molecule has 21 heavy (non-hydrogen) atoms. The summed E-state index contributed by atoms with van der Waals surface area (Å²) in [6.07, 6.45) is 0.819. The topological polar surface area (TPSA) is 69.3 Å². The Labute approximate surface area is 124 Å². The van der Waals surface area contributed by atoms with Gasteiger partial charge < -0.3 is 14.5 Å². The van der Waals surface area contributed by atoms with Crippen LogP contribution >= 0.6 is 0 Å². The fraction of sp³-hybridized carbons (Fsp3) is 0.467. The first kappa shape index (κ1) is 15.3. The molecule has 2 rings (SSSR count). The van der Waals surface area contributed by atoms with E-state index in [4.69, 9.17) is 9.15 Å². The Balaban J connectivity index is 1.75. The number of nitrogens with one attached hydrogen (secondary N) is 1. The van der Waals surface area contributed by atoms with Gasteiger partial charge in [0, 0.05) is 25.9 Å². The second-order valence-electron chi connectivity index (χ2n) is 4.96. The van der Waals surface area contributed by atoms with E-state index in [0.29, 0.717) is 24.7 Å². The fourth-order valence-electron chi connectivity index (χ4n) is 2.14. The number of carbonyl (C=O) groups is 1. The van der Waals surface area contributed by atoms with Gasteiger partial charge in [0.05, 0.1) is 5.69 Å². The van der Waals surface area contributed by atoms with Gasteiger partial charge in [-0.1, -0.05) is 0 Å². The van der Waals surface area contributed by atoms with Gasteiger partial charge in [0.15, 0.2) is 5.76 Å². The van der Waals surface area contributed by atoms with Gasteiger partial charge in [-0.25, -0.2) is 0 Å². The summed E-state index contributed by atoms with van der Waals surface area (Å²) in [6, 6.07) is 5.44. The average molecular weight is 291 g/mol. The Bertz CT molecular complexity index is 601. The Morgan fingerprint density at radius 1 is 1.43 bits per heavy atom. The summed E-state index contributed by atoms with van der Waals surface area (Å²) < 4.78 is 12.3. The van der Waals surface area contributed by atoms with Gasteiger partial charge in [-0.3, -0.25) is 9.48 Å². The molecule has 0 spiro atoms. The third-order valence-corrected chi connectivity index (χ3v) is 3.11. The lowest BCUT2D eigenvalue weighted by Gasteiger charge is -2.05. The third kappa shape index (κ3) is 4.19. The number of rotatable bonds is 7. The highest BCUT2D eigenvalue weighted by Gasteiger charge is 2.10. The van der Waals surface area contributed by atoms with Crippen LogP contribution in [0.2, 0.25) is 0 Å². The van der Waals surface area contributed by atoms with Crippen molar-refractivity contribution in [2.45, 2.75) is 33.4 Å². The van der Waals surface area contributed by atoms with Crippen molar-refractivity contribution in [2.24, 2.45) is 0 Å². The Kier molecular flexibility index (Phi) is 5.16. The Morgan fingerprint density at radius 3 is 2.90 bits per heavy atom. The first-order chi connectivity index (χ1) is 10.1. The minimum absolute atomic E-state index is 0.203. The molecule has 0 bridgehead atoms. The van der Waals surface area contributed by atoms with Gasteiger partial charge >= 0.3 is 0 Å². The number of furan rings is 1. The second-order valence-corrected chi connectivity index (χ2v) is 4.96. The van der Waals surface area contributed by atoms with Crippen LogP contribution in [0.1, 0.15) is 34.1 Å². The fourth-order valence-corrected chi connectivity index (χ4v) is 2.14. The molecule has 0 saturated heterocycles. The normalized spacial score (nSPS) is 10.8. The van der Waals surface area contributed by atoms with Crippen molar-refractivity contribution < 1.29 is 13.9 Å². The monoisotopic (exact) mass is 291 g/mol. The Morgan fingerprint density at radius 2 is 2.24 bits per heavy atom. The SMILES string of the molecule is COCc1ccc(C(=O)NCCCn2nc(C)cc2C)o1. The van der Waals surface area contributed by atoms with Crippen molar-refractivity contribution >= 4 is 5.91 Å². The molecule has 0 radical (unpaired) electrons. The van der Waals surface area contributed by atoms with Gasteiger partial charge in [-0.05, 0) is 38.5 Å². The molecule has 0 aliphatic carbocycles. The molecule has 1 amide bonds. The van der Waals surface area contributed by atoms with Crippen LogP contribution in [-0.4, -0.2) is 29.3 Å². The lowest BCUT2D eigenvalue weighted by atomic mass is 10.3. The number of hydrogen-bond acceptors (Lipinski definition) is 4. The van der Waals surface area contributed by atoms with Gasteiger partial charge in [-0.2, -0.15) is 5.10 Å². The van der Waals surface area contributed by atoms with Crippen LogP contribution in [0.25, 0.3) is 0 Å². The predicted molar refractivity (Wildman–Crippen MR) is 78.1 cm³/mol. The largest absolute Gasteiger partial charge is 0.453 e. The number of hydrogen-bond donors (Lipinski definition) is 1. The summed E-state index contributed by atoms with van der Waals surface area (Å²) in [7, 11) is 1.58. The average Bonchev–Trinajstić information content (AvgIpc) is 3.02. The molecule has 0 atom stereocenters. The number of nitrogens with zero attached hydrogens (tertiary/aromatic N) is 2. The van der Waals surface area contributed by atoms with Gasteiger partial charge in [0.2, 0.25) is 0 Å². The van der Waals surface area contributed by atoms with E-state index in [9.17, 15) is 4.79 Å².